The van der Waals surface area contributed by atoms with Gasteiger partial charge in [0.2, 0.25) is 5.76 Å². The van der Waals surface area contributed by atoms with Gasteiger partial charge in [-0.1, -0.05) is 0 Å². The Kier molecular flexibility index (Phi) is 3.09. The van der Waals surface area contributed by atoms with Gasteiger partial charge in [0.25, 0.3) is 0 Å². The second-order valence-corrected chi connectivity index (χ2v) is 2.32. The zero-order chi connectivity index (χ0) is 9.68. The molecule has 0 amide bonds. The van der Waals surface area contributed by atoms with Crippen LogP contribution in [0.2, 0.25) is 0 Å². The van der Waals surface area contributed by atoms with Crippen molar-refractivity contribution >= 4 is 5.97 Å². The predicted molar refractivity (Wildman–Crippen MR) is 44.0 cm³/mol. The third-order valence-electron chi connectivity index (χ3n) is 1.39. The van der Waals surface area contributed by atoms with E-state index < -0.39 is 5.97 Å². The molecular weight excluding hydrogens is 170 g/mol. The molecule has 1 heterocycles. The lowest BCUT2D eigenvalue weighted by atomic mass is 10.3. The van der Waals surface area contributed by atoms with Crippen molar-refractivity contribution in [2.45, 2.75) is 13.3 Å². The van der Waals surface area contributed by atoms with E-state index in [4.69, 9.17) is 14.4 Å². The van der Waals surface area contributed by atoms with Crippen LogP contribution in [0.5, 0.6) is 0 Å². The molecule has 1 aromatic rings. The largest absolute Gasteiger partial charge is 0.460 e. The molecule has 0 bridgehead atoms. The summed E-state index contributed by atoms with van der Waals surface area (Å²) in [5.74, 6) is 0.129. The lowest BCUT2D eigenvalue weighted by Crippen LogP contribution is -2.02. The number of nitrogens with zero attached hydrogens (tertiary/aromatic N) is 1. The molecule has 68 valence electrons. The first-order chi connectivity index (χ1) is 6.27. The highest BCUT2D eigenvalue weighted by atomic mass is 16.5. The Balaban J connectivity index is 2.69. The summed E-state index contributed by atoms with van der Waals surface area (Å²) in [5.41, 5.74) is 0. The third-order valence-corrected chi connectivity index (χ3v) is 1.39. The Morgan fingerprint density at radius 1 is 1.69 bits per heavy atom. The molecule has 0 saturated heterocycles. The van der Waals surface area contributed by atoms with Crippen molar-refractivity contribution in [3.63, 3.8) is 0 Å². The molecule has 4 nitrogen and oxygen atoms in total. The van der Waals surface area contributed by atoms with E-state index in [0.717, 1.165) is 0 Å². The van der Waals surface area contributed by atoms with Gasteiger partial charge in [-0.15, -0.1) is 0 Å². The van der Waals surface area contributed by atoms with Gasteiger partial charge < -0.3 is 9.15 Å². The lowest BCUT2D eigenvalue weighted by molar-refractivity contribution is 0.0488. The zero-order valence-corrected chi connectivity index (χ0v) is 7.24. The highest BCUT2D eigenvalue weighted by Crippen LogP contribution is 2.09. The molecule has 0 fully saturated rings. The van der Waals surface area contributed by atoms with Crippen LogP contribution < -0.4 is 0 Å². The van der Waals surface area contributed by atoms with E-state index in [0.29, 0.717) is 12.4 Å². The molecule has 0 N–H and O–H groups in total. The van der Waals surface area contributed by atoms with Crippen LogP contribution in [0.15, 0.2) is 16.5 Å². The molecule has 0 aliphatic rings. The highest BCUT2D eigenvalue weighted by Gasteiger charge is 2.11. The minimum Gasteiger partial charge on any atom is -0.460 e. The number of ether oxygens (including phenoxy) is 1. The molecular formula is C9H9NO3. The van der Waals surface area contributed by atoms with Crippen LogP contribution in [-0.2, 0) is 11.2 Å². The van der Waals surface area contributed by atoms with Gasteiger partial charge in [-0.05, 0) is 19.1 Å². The number of furan rings is 1. The average molecular weight is 179 g/mol. The standard InChI is InChI=1S/C9H9NO3/c1-2-12-9(11)8-4-3-7(13-8)5-6-10/h3-4H,2,5H2,1H3. The van der Waals surface area contributed by atoms with Crippen LogP contribution in [0.3, 0.4) is 0 Å². The fourth-order valence-electron chi connectivity index (χ4n) is 0.863. The number of rotatable bonds is 3. The second kappa shape index (κ2) is 4.31. The van der Waals surface area contributed by atoms with Crippen LogP contribution in [0.1, 0.15) is 23.2 Å². The molecule has 4 heteroatoms. The molecule has 0 saturated carbocycles. The summed E-state index contributed by atoms with van der Waals surface area (Å²) in [6, 6.07) is 5.02. The van der Waals surface area contributed by atoms with Gasteiger partial charge in [0.05, 0.1) is 19.1 Å². The molecule has 1 aromatic heterocycles. The van der Waals surface area contributed by atoms with Crippen LogP contribution in [-0.4, -0.2) is 12.6 Å². The molecule has 0 unspecified atom stereocenters. The third kappa shape index (κ3) is 2.34. The number of carbonyl (C=O) groups is 1. The summed E-state index contributed by atoms with van der Waals surface area (Å²) < 4.78 is 9.75. The van der Waals surface area contributed by atoms with E-state index in [-0.39, 0.29) is 12.2 Å². The Labute approximate surface area is 75.7 Å². The topological polar surface area (TPSA) is 63.2 Å². The fourth-order valence-corrected chi connectivity index (χ4v) is 0.863. The smallest absolute Gasteiger partial charge is 0.374 e. The maximum atomic E-state index is 11.1. The first kappa shape index (κ1) is 9.33. The van der Waals surface area contributed by atoms with E-state index in [9.17, 15) is 4.79 Å². The lowest BCUT2D eigenvalue weighted by Gasteiger charge is -1.96. The Morgan fingerprint density at radius 3 is 3.08 bits per heavy atom. The molecule has 13 heavy (non-hydrogen) atoms. The Bertz CT molecular complexity index is 335. The second-order valence-electron chi connectivity index (χ2n) is 2.32. The summed E-state index contributed by atoms with van der Waals surface area (Å²) >= 11 is 0. The predicted octanol–water partition coefficient (Wildman–Crippen LogP) is 1.52. The van der Waals surface area contributed by atoms with Crippen LogP contribution in [0, 0.1) is 11.3 Å². The summed E-state index contributed by atoms with van der Waals surface area (Å²) in [6.07, 6.45) is 0.166. The minimum atomic E-state index is -0.494. The number of esters is 1. The summed E-state index contributed by atoms with van der Waals surface area (Å²) in [4.78, 5) is 11.1. The Morgan fingerprint density at radius 2 is 2.46 bits per heavy atom. The number of hydrogen-bond acceptors (Lipinski definition) is 4. The molecule has 0 radical (unpaired) electrons. The summed E-state index contributed by atoms with van der Waals surface area (Å²) in [5, 5.41) is 8.34. The maximum Gasteiger partial charge on any atom is 0.374 e. The van der Waals surface area contributed by atoms with E-state index in [1.807, 2.05) is 6.07 Å². The van der Waals surface area contributed by atoms with Gasteiger partial charge in [-0.3, -0.25) is 0 Å². The van der Waals surface area contributed by atoms with Gasteiger partial charge in [0.1, 0.15) is 5.76 Å². The van der Waals surface area contributed by atoms with E-state index in [1.165, 1.54) is 6.07 Å². The molecule has 0 aliphatic heterocycles. The average Bonchev–Trinajstić information content (AvgIpc) is 2.54. The number of nitriles is 1. The van der Waals surface area contributed by atoms with Gasteiger partial charge >= 0.3 is 5.97 Å². The monoisotopic (exact) mass is 179 g/mol. The van der Waals surface area contributed by atoms with Crippen LogP contribution >= 0.6 is 0 Å². The van der Waals surface area contributed by atoms with Gasteiger partial charge in [0.15, 0.2) is 0 Å². The first-order valence-corrected chi connectivity index (χ1v) is 3.90. The normalized spacial score (nSPS) is 9.23. The first-order valence-electron chi connectivity index (χ1n) is 3.90. The van der Waals surface area contributed by atoms with Crippen molar-refractivity contribution in [3.05, 3.63) is 23.7 Å². The Hall–Kier alpha value is -1.76. The summed E-state index contributed by atoms with van der Waals surface area (Å²) in [6.45, 7) is 2.03. The van der Waals surface area contributed by atoms with Crippen molar-refractivity contribution in [2.75, 3.05) is 6.61 Å². The van der Waals surface area contributed by atoms with Gasteiger partial charge in [0, 0.05) is 0 Å². The number of carbonyl (C=O) groups excluding carboxylic acids is 1. The minimum absolute atomic E-state index is 0.145. The quantitative estimate of drug-likeness (QED) is 0.660. The summed E-state index contributed by atoms with van der Waals surface area (Å²) in [7, 11) is 0. The van der Waals surface area contributed by atoms with E-state index in [2.05, 4.69) is 0 Å². The van der Waals surface area contributed by atoms with Crippen molar-refractivity contribution < 1.29 is 13.9 Å². The van der Waals surface area contributed by atoms with Crippen molar-refractivity contribution in [2.24, 2.45) is 0 Å². The van der Waals surface area contributed by atoms with Crippen molar-refractivity contribution in [1.82, 2.24) is 0 Å². The molecule has 0 aliphatic carbocycles. The molecule has 0 aromatic carbocycles. The van der Waals surface area contributed by atoms with Gasteiger partial charge in [-0.2, -0.15) is 5.26 Å². The fraction of sp³-hybridized carbons (Fsp3) is 0.333. The van der Waals surface area contributed by atoms with E-state index in [1.54, 1.807) is 13.0 Å². The SMILES string of the molecule is CCOC(=O)c1ccc(CC#N)o1. The van der Waals surface area contributed by atoms with Gasteiger partial charge in [-0.25, -0.2) is 4.79 Å². The maximum absolute atomic E-state index is 11.1. The van der Waals surface area contributed by atoms with Crippen molar-refractivity contribution in [3.8, 4) is 6.07 Å². The molecule has 1 rings (SSSR count). The zero-order valence-electron chi connectivity index (χ0n) is 7.24. The van der Waals surface area contributed by atoms with Crippen LogP contribution in [0.25, 0.3) is 0 Å². The van der Waals surface area contributed by atoms with Crippen molar-refractivity contribution in [1.29, 1.82) is 5.26 Å². The highest BCUT2D eigenvalue weighted by molar-refractivity contribution is 5.86. The molecule has 0 spiro atoms. The number of hydrogen-bond donors (Lipinski definition) is 0. The molecule has 0 atom stereocenters. The van der Waals surface area contributed by atoms with E-state index >= 15 is 0 Å². The van der Waals surface area contributed by atoms with Crippen LogP contribution in [0.4, 0.5) is 0 Å².